The van der Waals surface area contributed by atoms with Gasteiger partial charge in [-0.25, -0.2) is 0 Å². The zero-order chi connectivity index (χ0) is 14.9. The van der Waals surface area contributed by atoms with Crippen LogP contribution in [0.3, 0.4) is 0 Å². The minimum absolute atomic E-state index is 0.0424. The maximum atomic E-state index is 12.6. The number of rotatable bonds is 2. The Bertz CT molecular complexity index is 693. The molecule has 1 amide bonds. The van der Waals surface area contributed by atoms with Crippen LogP contribution in [0.1, 0.15) is 28.8 Å². The number of hydrogen-bond donors (Lipinski definition) is 0. The summed E-state index contributed by atoms with van der Waals surface area (Å²) in [4.78, 5) is 21.0. The van der Waals surface area contributed by atoms with Crippen molar-refractivity contribution in [2.45, 2.75) is 19.3 Å². The summed E-state index contributed by atoms with van der Waals surface area (Å²) in [6.45, 7) is 3.06. The van der Waals surface area contributed by atoms with E-state index in [0.29, 0.717) is 5.56 Å². The number of nitrogens with zero attached hydrogens (tertiary/aromatic N) is 3. The Balaban J connectivity index is 1.61. The van der Waals surface area contributed by atoms with Crippen LogP contribution in [-0.4, -0.2) is 30.5 Å². The lowest BCUT2D eigenvalue weighted by Crippen LogP contribution is -2.28. The Morgan fingerprint density at radius 2 is 1.95 bits per heavy atom. The number of pyridine rings is 1. The number of benzene rings is 1. The van der Waals surface area contributed by atoms with Crippen molar-refractivity contribution in [2.75, 3.05) is 29.4 Å². The van der Waals surface area contributed by atoms with Gasteiger partial charge in [0.2, 0.25) is 0 Å². The monoisotopic (exact) mass is 293 g/mol. The molecule has 4 nitrogen and oxygen atoms in total. The highest BCUT2D eigenvalue weighted by Gasteiger charge is 2.26. The second kappa shape index (κ2) is 5.44. The molecule has 112 valence electrons. The average molecular weight is 293 g/mol. The van der Waals surface area contributed by atoms with Gasteiger partial charge in [-0.3, -0.25) is 9.78 Å². The second-order valence-corrected chi connectivity index (χ2v) is 5.96. The number of anilines is 2. The molecule has 0 radical (unpaired) electrons. The quantitative estimate of drug-likeness (QED) is 0.854. The van der Waals surface area contributed by atoms with Gasteiger partial charge in [-0.1, -0.05) is 0 Å². The van der Waals surface area contributed by atoms with Gasteiger partial charge in [0.05, 0.1) is 5.56 Å². The number of fused-ring (bicyclic) bond motifs is 1. The maximum absolute atomic E-state index is 12.6. The molecule has 0 bridgehead atoms. The van der Waals surface area contributed by atoms with E-state index in [1.807, 2.05) is 11.0 Å². The maximum Gasteiger partial charge on any atom is 0.259 e. The number of aromatic nitrogens is 1. The molecule has 0 N–H and O–H groups in total. The van der Waals surface area contributed by atoms with E-state index in [4.69, 9.17) is 0 Å². The topological polar surface area (TPSA) is 36.4 Å². The van der Waals surface area contributed by atoms with Crippen molar-refractivity contribution >= 4 is 17.3 Å². The van der Waals surface area contributed by atoms with E-state index in [-0.39, 0.29) is 5.91 Å². The van der Waals surface area contributed by atoms with Gasteiger partial charge in [0.15, 0.2) is 0 Å². The van der Waals surface area contributed by atoms with Crippen LogP contribution in [-0.2, 0) is 6.42 Å². The minimum Gasteiger partial charge on any atom is -0.372 e. The Hall–Kier alpha value is -2.36. The lowest BCUT2D eigenvalue weighted by molar-refractivity contribution is 0.0989. The smallest absolute Gasteiger partial charge is 0.259 e. The van der Waals surface area contributed by atoms with Crippen LogP contribution in [0, 0.1) is 0 Å². The summed E-state index contributed by atoms with van der Waals surface area (Å²) >= 11 is 0. The molecule has 1 aromatic carbocycles. The fourth-order valence-electron chi connectivity index (χ4n) is 3.42. The second-order valence-electron chi connectivity index (χ2n) is 5.96. The Kier molecular flexibility index (Phi) is 3.29. The van der Waals surface area contributed by atoms with Crippen LogP contribution in [0.5, 0.6) is 0 Å². The lowest BCUT2D eigenvalue weighted by Gasteiger charge is -2.20. The fourth-order valence-corrected chi connectivity index (χ4v) is 3.42. The normalized spacial score (nSPS) is 16.9. The highest BCUT2D eigenvalue weighted by atomic mass is 16.2. The SMILES string of the molecule is O=C(c1cccnc1)N1CCc2cc(N3CCCC3)ccc21. The van der Waals surface area contributed by atoms with Crippen LogP contribution in [0.25, 0.3) is 0 Å². The van der Waals surface area contributed by atoms with Crippen LogP contribution < -0.4 is 9.80 Å². The minimum atomic E-state index is 0.0424. The standard InChI is InChI=1S/C18H19N3O/c22-18(15-4-3-8-19-13-15)21-11-7-14-12-16(5-6-17(14)21)20-9-1-2-10-20/h3-6,8,12-13H,1-2,7,9-11H2. The molecule has 1 aromatic heterocycles. The molecule has 0 unspecified atom stereocenters. The van der Waals surface area contributed by atoms with Crippen LogP contribution in [0.2, 0.25) is 0 Å². The molecule has 2 aromatic rings. The molecule has 4 heteroatoms. The van der Waals surface area contributed by atoms with Gasteiger partial charge in [-0.15, -0.1) is 0 Å². The summed E-state index contributed by atoms with van der Waals surface area (Å²) in [6, 6.07) is 10.1. The first-order valence-corrected chi connectivity index (χ1v) is 7.93. The molecule has 1 fully saturated rings. The van der Waals surface area contributed by atoms with Crippen molar-refractivity contribution in [1.82, 2.24) is 4.98 Å². The molecule has 0 saturated carbocycles. The molecule has 0 aliphatic carbocycles. The fraction of sp³-hybridized carbons (Fsp3) is 0.333. The Labute approximate surface area is 130 Å². The number of amides is 1. The molecule has 0 spiro atoms. The summed E-state index contributed by atoms with van der Waals surface area (Å²) in [5.74, 6) is 0.0424. The van der Waals surface area contributed by atoms with E-state index in [1.54, 1.807) is 18.5 Å². The lowest BCUT2D eigenvalue weighted by atomic mass is 10.1. The van der Waals surface area contributed by atoms with E-state index in [1.165, 1.54) is 24.1 Å². The third-order valence-electron chi connectivity index (χ3n) is 4.58. The molecule has 4 rings (SSSR count). The van der Waals surface area contributed by atoms with E-state index >= 15 is 0 Å². The molecule has 1 saturated heterocycles. The predicted molar refractivity (Wildman–Crippen MR) is 87.5 cm³/mol. The van der Waals surface area contributed by atoms with Crippen molar-refractivity contribution in [3.63, 3.8) is 0 Å². The molecule has 2 aliphatic heterocycles. The summed E-state index contributed by atoms with van der Waals surface area (Å²) in [7, 11) is 0. The van der Waals surface area contributed by atoms with E-state index < -0.39 is 0 Å². The molecule has 3 heterocycles. The summed E-state index contributed by atoms with van der Waals surface area (Å²) in [5, 5.41) is 0. The average Bonchev–Trinajstić information content (AvgIpc) is 3.24. The first-order valence-electron chi connectivity index (χ1n) is 7.93. The van der Waals surface area contributed by atoms with Crippen LogP contribution in [0.4, 0.5) is 11.4 Å². The van der Waals surface area contributed by atoms with Gasteiger partial charge in [-0.2, -0.15) is 0 Å². The van der Waals surface area contributed by atoms with Crippen molar-refractivity contribution in [1.29, 1.82) is 0 Å². The van der Waals surface area contributed by atoms with Gasteiger partial charge in [-0.05, 0) is 55.2 Å². The van der Waals surface area contributed by atoms with Crippen LogP contribution >= 0.6 is 0 Å². The number of carbonyl (C=O) groups excluding carboxylic acids is 1. The third kappa shape index (κ3) is 2.25. The zero-order valence-corrected chi connectivity index (χ0v) is 12.5. The number of carbonyl (C=O) groups is 1. The first kappa shape index (κ1) is 13.3. The summed E-state index contributed by atoms with van der Waals surface area (Å²) in [5.41, 5.74) is 4.28. The number of hydrogen-bond acceptors (Lipinski definition) is 3. The molecule has 2 aliphatic rings. The van der Waals surface area contributed by atoms with E-state index in [2.05, 4.69) is 28.1 Å². The highest BCUT2D eigenvalue weighted by Crippen LogP contribution is 2.33. The Morgan fingerprint density at radius 1 is 1.09 bits per heavy atom. The molecule has 0 atom stereocenters. The van der Waals surface area contributed by atoms with Gasteiger partial charge in [0.25, 0.3) is 5.91 Å². The predicted octanol–water partition coefficient (Wildman–Crippen LogP) is 2.88. The Morgan fingerprint density at radius 3 is 2.73 bits per heavy atom. The summed E-state index contributed by atoms with van der Waals surface area (Å²) < 4.78 is 0. The first-order chi connectivity index (χ1) is 10.8. The third-order valence-corrected chi connectivity index (χ3v) is 4.58. The van der Waals surface area contributed by atoms with E-state index in [9.17, 15) is 4.79 Å². The molecule has 22 heavy (non-hydrogen) atoms. The van der Waals surface area contributed by atoms with E-state index in [0.717, 1.165) is 31.7 Å². The zero-order valence-electron chi connectivity index (χ0n) is 12.5. The van der Waals surface area contributed by atoms with Crippen molar-refractivity contribution < 1.29 is 4.79 Å². The molecular formula is C18H19N3O. The largest absolute Gasteiger partial charge is 0.372 e. The van der Waals surface area contributed by atoms with Crippen LogP contribution in [0.15, 0.2) is 42.7 Å². The summed E-state index contributed by atoms with van der Waals surface area (Å²) in [6.07, 6.45) is 6.82. The van der Waals surface area contributed by atoms with Crippen molar-refractivity contribution in [2.24, 2.45) is 0 Å². The van der Waals surface area contributed by atoms with Gasteiger partial charge in [0.1, 0.15) is 0 Å². The van der Waals surface area contributed by atoms with Crippen molar-refractivity contribution in [3.05, 3.63) is 53.9 Å². The van der Waals surface area contributed by atoms with Crippen molar-refractivity contribution in [3.8, 4) is 0 Å². The van der Waals surface area contributed by atoms with Gasteiger partial charge < -0.3 is 9.80 Å². The highest BCUT2D eigenvalue weighted by molar-refractivity contribution is 6.07. The molecular weight excluding hydrogens is 274 g/mol. The van der Waals surface area contributed by atoms with Gasteiger partial charge in [0, 0.05) is 43.4 Å². The van der Waals surface area contributed by atoms with Gasteiger partial charge >= 0.3 is 0 Å².